The average Bonchev–Trinajstić information content (AvgIpc) is 2.74. The highest BCUT2D eigenvalue weighted by Gasteiger charge is 1.98. The normalized spacial score (nSPS) is 10.5. The third kappa shape index (κ3) is 2.88. The Morgan fingerprint density at radius 1 is 1.27 bits per heavy atom. The van der Waals surface area contributed by atoms with E-state index in [4.69, 9.17) is 0 Å². The lowest BCUT2D eigenvalue weighted by Crippen LogP contribution is -2.13. The van der Waals surface area contributed by atoms with E-state index in [1.807, 2.05) is 12.3 Å². The van der Waals surface area contributed by atoms with Gasteiger partial charge in [-0.1, -0.05) is 12.1 Å². The molecule has 2 aromatic heterocycles. The fourth-order valence-electron chi connectivity index (χ4n) is 1.42. The Balaban J connectivity index is 1.86. The molecule has 1 N–H and O–H groups in total. The van der Waals surface area contributed by atoms with Crippen LogP contribution in [0.1, 0.15) is 16.1 Å². The van der Waals surface area contributed by atoms with Crippen LogP contribution in [0.25, 0.3) is 0 Å². The molecule has 2 heterocycles. The van der Waals surface area contributed by atoms with Crippen LogP contribution < -0.4 is 5.32 Å². The Morgan fingerprint density at radius 3 is 2.93 bits per heavy atom. The van der Waals surface area contributed by atoms with Crippen LogP contribution in [-0.2, 0) is 13.1 Å². The summed E-state index contributed by atoms with van der Waals surface area (Å²) in [5, 5.41) is 5.49. The van der Waals surface area contributed by atoms with Crippen molar-refractivity contribution >= 4 is 11.3 Å². The van der Waals surface area contributed by atoms with Crippen molar-refractivity contribution in [3.8, 4) is 0 Å². The minimum atomic E-state index is 0.838. The van der Waals surface area contributed by atoms with Crippen LogP contribution in [0.5, 0.6) is 0 Å². The molecule has 0 saturated carbocycles. The van der Waals surface area contributed by atoms with Gasteiger partial charge in [0.2, 0.25) is 0 Å². The van der Waals surface area contributed by atoms with E-state index in [9.17, 15) is 0 Å². The first-order chi connectivity index (χ1) is 7.36. The second-order valence-corrected chi connectivity index (χ2v) is 4.48. The van der Waals surface area contributed by atoms with Gasteiger partial charge in [-0.15, -0.1) is 11.3 Å². The molecule has 78 valence electrons. The molecule has 0 aliphatic heterocycles. The van der Waals surface area contributed by atoms with E-state index in [2.05, 4.69) is 40.8 Å². The Hall–Kier alpha value is -1.19. The molecule has 0 fully saturated rings. The third-order valence-electron chi connectivity index (χ3n) is 2.29. The van der Waals surface area contributed by atoms with Gasteiger partial charge in [-0.3, -0.25) is 4.98 Å². The van der Waals surface area contributed by atoms with Gasteiger partial charge in [0.15, 0.2) is 0 Å². The van der Waals surface area contributed by atoms with E-state index in [-0.39, 0.29) is 0 Å². The average molecular weight is 218 g/mol. The minimum Gasteiger partial charge on any atom is -0.306 e. The number of pyridine rings is 1. The predicted molar refractivity (Wildman–Crippen MR) is 63.8 cm³/mol. The molecule has 0 aliphatic carbocycles. The Labute approximate surface area is 94.0 Å². The van der Waals surface area contributed by atoms with Crippen molar-refractivity contribution in [1.82, 2.24) is 10.3 Å². The fraction of sp³-hybridized carbons (Fsp3) is 0.250. The van der Waals surface area contributed by atoms with Crippen LogP contribution in [0.4, 0.5) is 0 Å². The van der Waals surface area contributed by atoms with Crippen molar-refractivity contribution in [2.45, 2.75) is 20.0 Å². The van der Waals surface area contributed by atoms with Crippen LogP contribution in [-0.4, -0.2) is 4.98 Å². The lowest BCUT2D eigenvalue weighted by Gasteiger charge is -2.05. The Kier molecular flexibility index (Phi) is 3.48. The van der Waals surface area contributed by atoms with Gasteiger partial charge in [-0.2, -0.15) is 0 Å². The van der Waals surface area contributed by atoms with Crippen LogP contribution >= 0.6 is 11.3 Å². The molecule has 0 saturated heterocycles. The van der Waals surface area contributed by atoms with Crippen molar-refractivity contribution in [2.75, 3.05) is 0 Å². The molecule has 0 aliphatic rings. The first-order valence-corrected chi connectivity index (χ1v) is 5.88. The maximum Gasteiger partial charge on any atom is 0.0570 e. The monoisotopic (exact) mass is 218 g/mol. The first kappa shape index (κ1) is 10.3. The number of nitrogens with zero attached hydrogens (tertiary/aromatic N) is 1. The van der Waals surface area contributed by atoms with Crippen molar-refractivity contribution in [3.63, 3.8) is 0 Å². The third-order valence-corrected chi connectivity index (χ3v) is 3.17. The SMILES string of the molecule is Cc1cccnc1CNCc1cccs1. The summed E-state index contributed by atoms with van der Waals surface area (Å²) in [6, 6.07) is 8.28. The zero-order valence-corrected chi connectivity index (χ0v) is 9.55. The highest BCUT2D eigenvalue weighted by atomic mass is 32.1. The summed E-state index contributed by atoms with van der Waals surface area (Å²) in [5.41, 5.74) is 2.38. The molecular formula is C12H14N2S. The van der Waals surface area contributed by atoms with Gasteiger partial charge < -0.3 is 5.32 Å². The van der Waals surface area contributed by atoms with Crippen LogP contribution in [0.2, 0.25) is 0 Å². The molecule has 0 unspecified atom stereocenters. The second kappa shape index (κ2) is 5.05. The topological polar surface area (TPSA) is 24.9 Å². The summed E-state index contributed by atoms with van der Waals surface area (Å²) >= 11 is 1.78. The predicted octanol–water partition coefficient (Wildman–Crippen LogP) is 2.74. The summed E-state index contributed by atoms with van der Waals surface area (Å²) in [7, 11) is 0. The number of thiophene rings is 1. The van der Waals surface area contributed by atoms with Gasteiger partial charge in [0.05, 0.1) is 5.69 Å². The summed E-state index contributed by atoms with van der Waals surface area (Å²) in [4.78, 5) is 5.70. The molecule has 15 heavy (non-hydrogen) atoms. The molecule has 0 bridgehead atoms. The quantitative estimate of drug-likeness (QED) is 0.853. The van der Waals surface area contributed by atoms with E-state index in [0.717, 1.165) is 18.8 Å². The molecule has 0 amide bonds. The maximum absolute atomic E-state index is 4.34. The van der Waals surface area contributed by atoms with E-state index >= 15 is 0 Å². The molecule has 3 heteroatoms. The van der Waals surface area contributed by atoms with E-state index < -0.39 is 0 Å². The first-order valence-electron chi connectivity index (χ1n) is 5.00. The van der Waals surface area contributed by atoms with E-state index in [1.165, 1.54) is 10.4 Å². The van der Waals surface area contributed by atoms with Crippen LogP contribution in [0.15, 0.2) is 35.8 Å². The summed E-state index contributed by atoms with van der Waals surface area (Å²) in [6.45, 7) is 3.85. The second-order valence-electron chi connectivity index (χ2n) is 3.45. The number of hydrogen-bond donors (Lipinski definition) is 1. The Bertz CT molecular complexity index is 409. The number of aryl methyl sites for hydroxylation is 1. The highest BCUT2D eigenvalue weighted by Crippen LogP contribution is 2.08. The van der Waals surface area contributed by atoms with Crippen molar-refractivity contribution < 1.29 is 0 Å². The molecule has 0 spiro atoms. The van der Waals surface area contributed by atoms with Gasteiger partial charge in [0.25, 0.3) is 0 Å². The van der Waals surface area contributed by atoms with Gasteiger partial charge in [-0.25, -0.2) is 0 Å². The van der Waals surface area contributed by atoms with Crippen molar-refractivity contribution in [2.24, 2.45) is 0 Å². The standard InChI is InChI=1S/C12H14N2S/c1-10-4-2-6-14-12(10)9-13-8-11-5-3-7-15-11/h2-7,13H,8-9H2,1H3. The Morgan fingerprint density at radius 2 is 2.20 bits per heavy atom. The van der Waals surface area contributed by atoms with Crippen LogP contribution in [0.3, 0.4) is 0 Å². The molecule has 0 radical (unpaired) electrons. The zero-order valence-electron chi connectivity index (χ0n) is 8.73. The smallest absolute Gasteiger partial charge is 0.0570 e. The number of aromatic nitrogens is 1. The number of nitrogens with one attached hydrogen (secondary N) is 1. The largest absolute Gasteiger partial charge is 0.306 e. The lowest BCUT2D eigenvalue weighted by atomic mass is 10.2. The van der Waals surface area contributed by atoms with Crippen LogP contribution in [0, 0.1) is 6.92 Å². The van der Waals surface area contributed by atoms with E-state index in [1.54, 1.807) is 11.3 Å². The molecule has 0 aromatic carbocycles. The molecule has 2 nitrogen and oxygen atoms in total. The zero-order chi connectivity index (χ0) is 10.5. The minimum absolute atomic E-state index is 0.838. The van der Waals surface area contributed by atoms with Crippen molar-refractivity contribution in [1.29, 1.82) is 0 Å². The molecule has 0 atom stereocenters. The molecule has 2 rings (SSSR count). The molecular weight excluding hydrogens is 204 g/mol. The summed E-state index contributed by atoms with van der Waals surface area (Å²) < 4.78 is 0. The molecule has 2 aromatic rings. The van der Waals surface area contributed by atoms with Gasteiger partial charge >= 0.3 is 0 Å². The maximum atomic E-state index is 4.34. The van der Waals surface area contributed by atoms with Crippen molar-refractivity contribution in [3.05, 3.63) is 52.0 Å². The summed E-state index contributed by atoms with van der Waals surface area (Å²) in [5.74, 6) is 0. The van der Waals surface area contributed by atoms with Gasteiger partial charge in [-0.05, 0) is 30.0 Å². The van der Waals surface area contributed by atoms with Gasteiger partial charge in [0.1, 0.15) is 0 Å². The number of hydrogen-bond acceptors (Lipinski definition) is 3. The highest BCUT2D eigenvalue weighted by molar-refractivity contribution is 7.09. The van der Waals surface area contributed by atoms with Gasteiger partial charge in [0, 0.05) is 24.2 Å². The lowest BCUT2D eigenvalue weighted by molar-refractivity contribution is 0.683. The fourth-order valence-corrected chi connectivity index (χ4v) is 2.10. The summed E-state index contributed by atoms with van der Waals surface area (Å²) in [6.07, 6.45) is 1.84. The number of rotatable bonds is 4. The van der Waals surface area contributed by atoms with E-state index in [0.29, 0.717) is 0 Å².